The summed E-state index contributed by atoms with van der Waals surface area (Å²) in [4.78, 5) is 18.5. The quantitative estimate of drug-likeness (QED) is 0.612. The molecule has 1 fully saturated rings. The van der Waals surface area contributed by atoms with Gasteiger partial charge in [-0.2, -0.15) is 5.10 Å². The van der Waals surface area contributed by atoms with Crippen LogP contribution >= 0.6 is 0 Å². The van der Waals surface area contributed by atoms with Crippen molar-refractivity contribution in [1.82, 2.24) is 19.7 Å². The van der Waals surface area contributed by atoms with E-state index >= 15 is 0 Å². The predicted molar refractivity (Wildman–Crippen MR) is 114 cm³/mol. The summed E-state index contributed by atoms with van der Waals surface area (Å²) < 4.78 is 25.3. The lowest BCUT2D eigenvalue weighted by Crippen LogP contribution is -2.44. The number of pyridine rings is 1. The molecule has 3 aromatic rings. The van der Waals surface area contributed by atoms with Crippen LogP contribution in [-0.4, -0.2) is 69.8 Å². The lowest BCUT2D eigenvalue weighted by Gasteiger charge is -2.26. The molecule has 0 unspecified atom stereocenters. The van der Waals surface area contributed by atoms with Crippen LogP contribution in [0.3, 0.4) is 0 Å². The van der Waals surface area contributed by atoms with Crippen LogP contribution in [0.4, 0.5) is 0 Å². The van der Waals surface area contributed by atoms with Gasteiger partial charge in [0.2, 0.25) is 0 Å². The molecule has 2 atom stereocenters. The summed E-state index contributed by atoms with van der Waals surface area (Å²) in [5.41, 5.74) is 2.17. The van der Waals surface area contributed by atoms with Gasteiger partial charge in [-0.3, -0.25) is 4.79 Å². The molecule has 1 N–H and O–H groups in total. The van der Waals surface area contributed by atoms with Crippen LogP contribution < -0.4 is 0 Å². The fourth-order valence-corrected chi connectivity index (χ4v) is 5.33. The number of aliphatic hydroxyl groups is 1. The number of carbonyl (C=O) groups excluding carboxylic acids is 1. The molecule has 1 aromatic carbocycles. The lowest BCUT2D eigenvalue weighted by atomic mass is 10.1. The number of rotatable bonds is 3. The van der Waals surface area contributed by atoms with Crippen LogP contribution in [0.15, 0.2) is 61.1 Å². The first-order valence-corrected chi connectivity index (χ1v) is 11.4. The van der Waals surface area contributed by atoms with Crippen molar-refractivity contribution in [3.05, 3.63) is 77.9 Å². The van der Waals surface area contributed by atoms with E-state index in [0.717, 1.165) is 0 Å². The van der Waals surface area contributed by atoms with E-state index in [1.54, 1.807) is 59.7 Å². The third-order valence-corrected chi connectivity index (χ3v) is 6.79. The molecule has 9 heteroatoms. The second-order valence-electron chi connectivity index (χ2n) is 7.28. The zero-order valence-corrected chi connectivity index (χ0v) is 17.5. The third-order valence-electron chi connectivity index (χ3n) is 5.10. The minimum absolute atomic E-state index is 0.256. The molecule has 0 bridgehead atoms. The van der Waals surface area contributed by atoms with Gasteiger partial charge in [-0.25, -0.2) is 18.1 Å². The summed E-state index contributed by atoms with van der Waals surface area (Å²) in [7, 11) is -1.88. The number of aliphatic hydroxyl groups excluding tert-OH is 1. The monoisotopic (exact) mass is 436 g/mol. The number of benzene rings is 1. The second-order valence-corrected chi connectivity index (χ2v) is 9.43. The molecule has 8 nitrogen and oxygen atoms in total. The largest absolute Gasteiger partial charge is 0.390 e. The van der Waals surface area contributed by atoms with Crippen molar-refractivity contribution in [2.24, 2.45) is 0 Å². The minimum Gasteiger partial charge on any atom is -0.390 e. The Morgan fingerprint density at radius 2 is 2.00 bits per heavy atom. The number of carbonyl (C=O) groups is 1. The molecule has 0 radical (unpaired) electrons. The molecule has 0 aliphatic carbocycles. The van der Waals surface area contributed by atoms with Gasteiger partial charge >= 0.3 is 0 Å². The normalized spacial score (nSPS) is 19.4. The van der Waals surface area contributed by atoms with E-state index < -0.39 is 27.9 Å². The molecule has 4 rings (SSSR count). The highest BCUT2D eigenvalue weighted by Crippen LogP contribution is 2.21. The zero-order chi connectivity index (χ0) is 22.0. The highest BCUT2D eigenvalue weighted by Gasteiger charge is 2.40. The van der Waals surface area contributed by atoms with Crippen molar-refractivity contribution in [2.75, 3.05) is 18.6 Å². The van der Waals surface area contributed by atoms with Gasteiger partial charge in [-0.15, -0.1) is 0 Å². The molecule has 31 heavy (non-hydrogen) atoms. The van der Waals surface area contributed by atoms with Gasteiger partial charge in [0.25, 0.3) is 5.91 Å². The van der Waals surface area contributed by atoms with Gasteiger partial charge in [-0.05, 0) is 42.3 Å². The standard InChI is InChI=1S/C22H20N4O4S/c1-25(20-14-31(29,30)15-21(20)27)22(28)17-7-9-19(26-12-4-11-24-26)16(13-17)6-8-18-5-2-3-10-23-18/h2-5,7,9-13,20-21,27H,14-15H2,1H3/t20-,21+/m0/s1. The number of hydrogen-bond acceptors (Lipinski definition) is 6. The van der Waals surface area contributed by atoms with Crippen molar-refractivity contribution in [1.29, 1.82) is 0 Å². The van der Waals surface area contributed by atoms with Gasteiger partial charge in [0, 0.05) is 31.2 Å². The Kier molecular flexibility index (Phi) is 5.59. The van der Waals surface area contributed by atoms with E-state index in [4.69, 9.17) is 0 Å². The summed E-state index contributed by atoms with van der Waals surface area (Å²) in [6.45, 7) is 0. The summed E-state index contributed by atoms with van der Waals surface area (Å²) >= 11 is 0. The van der Waals surface area contributed by atoms with Gasteiger partial charge < -0.3 is 10.0 Å². The number of aromatic nitrogens is 3. The Hall–Kier alpha value is -3.48. The van der Waals surface area contributed by atoms with Crippen LogP contribution in [0.1, 0.15) is 21.6 Å². The van der Waals surface area contributed by atoms with E-state index in [2.05, 4.69) is 21.9 Å². The van der Waals surface area contributed by atoms with Gasteiger partial charge in [0.05, 0.1) is 34.9 Å². The molecule has 1 aliphatic rings. The smallest absolute Gasteiger partial charge is 0.254 e. The third kappa shape index (κ3) is 4.50. The minimum atomic E-state index is -3.37. The highest BCUT2D eigenvalue weighted by molar-refractivity contribution is 7.91. The van der Waals surface area contributed by atoms with Crippen molar-refractivity contribution in [3.8, 4) is 17.5 Å². The van der Waals surface area contributed by atoms with Crippen molar-refractivity contribution in [3.63, 3.8) is 0 Å². The van der Waals surface area contributed by atoms with Gasteiger partial charge in [0.1, 0.15) is 5.69 Å². The first-order valence-electron chi connectivity index (χ1n) is 9.57. The Morgan fingerprint density at radius 3 is 2.65 bits per heavy atom. The molecule has 2 aromatic heterocycles. The molecule has 0 spiro atoms. The number of likely N-dealkylation sites (N-methyl/N-ethyl adjacent to an activating group) is 1. The molecule has 1 aliphatic heterocycles. The summed E-state index contributed by atoms with van der Waals surface area (Å²) in [5, 5.41) is 14.3. The SMILES string of the molecule is CN(C(=O)c1ccc(-n2cccn2)c(C#Cc2ccccn2)c1)[C@H]1CS(=O)(=O)C[C@H]1O. The summed E-state index contributed by atoms with van der Waals surface area (Å²) in [6, 6.07) is 11.4. The van der Waals surface area contributed by atoms with Crippen LogP contribution in [0.25, 0.3) is 5.69 Å². The predicted octanol–water partition coefficient (Wildman–Crippen LogP) is 0.897. The van der Waals surface area contributed by atoms with Crippen molar-refractivity contribution < 1.29 is 18.3 Å². The molecule has 158 valence electrons. The van der Waals surface area contributed by atoms with Crippen molar-refractivity contribution in [2.45, 2.75) is 12.1 Å². The fourth-order valence-electron chi connectivity index (χ4n) is 3.48. The van der Waals surface area contributed by atoms with E-state index in [9.17, 15) is 18.3 Å². The second kappa shape index (κ2) is 8.34. The van der Waals surface area contributed by atoms with Crippen LogP contribution in [0.5, 0.6) is 0 Å². The van der Waals surface area contributed by atoms with Crippen LogP contribution in [0, 0.1) is 11.8 Å². The molecule has 3 heterocycles. The first-order chi connectivity index (χ1) is 14.8. The summed E-state index contributed by atoms with van der Waals surface area (Å²) in [6.07, 6.45) is 3.96. The van der Waals surface area contributed by atoms with Crippen LogP contribution in [0.2, 0.25) is 0 Å². The van der Waals surface area contributed by atoms with Crippen LogP contribution in [-0.2, 0) is 9.84 Å². The number of sulfone groups is 1. The Bertz CT molecular complexity index is 1260. The summed E-state index contributed by atoms with van der Waals surface area (Å²) in [5.74, 6) is 5.05. The molecule has 1 amide bonds. The maximum atomic E-state index is 13.0. The van der Waals surface area contributed by atoms with Gasteiger partial charge in [-0.1, -0.05) is 12.0 Å². The Balaban J connectivity index is 1.69. The van der Waals surface area contributed by atoms with Crippen molar-refractivity contribution >= 4 is 15.7 Å². The maximum absolute atomic E-state index is 13.0. The Labute approximate surface area is 180 Å². The average Bonchev–Trinajstić information content (AvgIpc) is 3.39. The molecule has 1 saturated heterocycles. The highest BCUT2D eigenvalue weighted by atomic mass is 32.2. The number of amides is 1. The Morgan fingerprint density at radius 1 is 1.16 bits per heavy atom. The van der Waals surface area contributed by atoms with E-state index in [1.165, 1.54) is 11.9 Å². The number of hydrogen-bond donors (Lipinski definition) is 1. The molecular formula is C22H20N4O4S. The maximum Gasteiger partial charge on any atom is 0.254 e. The fraction of sp³-hybridized carbons (Fsp3) is 0.227. The lowest BCUT2D eigenvalue weighted by molar-refractivity contribution is 0.0581. The first kappa shape index (κ1) is 20.8. The topological polar surface area (TPSA) is 105 Å². The molecule has 0 saturated carbocycles. The average molecular weight is 436 g/mol. The van der Waals surface area contributed by atoms with E-state index in [1.807, 2.05) is 6.07 Å². The van der Waals surface area contributed by atoms with E-state index in [-0.39, 0.29) is 11.5 Å². The van der Waals surface area contributed by atoms with E-state index in [0.29, 0.717) is 22.5 Å². The zero-order valence-electron chi connectivity index (χ0n) is 16.7. The molecular weight excluding hydrogens is 416 g/mol. The van der Waals surface area contributed by atoms with Gasteiger partial charge in [0.15, 0.2) is 9.84 Å². The number of nitrogens with zero attached hydrogens (tertiary/aromatic N) is 4.